The Labute approximate surface area is 108 Å². The first-order valence-corrected chi connectivity index (χ1v) is 6.13. The Hall–Kier alpha value is -0.810. The lowest BCUT2D eigenvalue weighted by Gasteiger charge is -2.06. The van der Waals surface area contributed by atoms with E-state index < -0.39 is 10.7 Å². The first kappa shape index (κ1) is 16.2. The molecule has 1 rings (SSSR count). The molecule has 1 aromatic rings. The Morgan fingerprint density at radius 2 is 1.82 bits per heavy atom. The van der Waals surface area contributed by atoms with Crippen molar-refractivity contribution in [1.29, 1.82) is 0 Å². The molecule has 0 saturated carbocycles. The summed E-state index contributed by atoms with van der Waals surface area (Å²) in [6.45, 7) is 4.00. The Kier molecular flexibility index (Phi) is 7.15. The molecule has 0 aliphatic rings. The van der Waals surface area contributed by atoms with E-state index in [0.717, 1.165) is 0 Å². The fourth-order valence-corrected chi connectivity index (χ4v) is 1.79. The SMILES string of the molecule is CC.O=C(O)Cc1ccc(SC(F)(F)Cl)cc1. The largest absolute Gasteiger partial charge is 0.481 e. The number of benzene rings is 1. The van der Waals surface area contributed by atoms with E-state index in [9.17, 15) is 13.6 Å². The van der Waals surface area contributed by atoms with Crippen molar-refractivity contribution >= 4 is 29.3 Å². The Morgan fingerprint density at radius 1 is 1.35 bits per heavy atom. The molecule has 0 unspecified atom stereocenters. The molecular weight excluding hydrogens is 270 g/mol. The molecule has 2 nitrogen and oxygen atoms in total. The van der Waals surface area contributed by atoms with E-state index >= 15 is 0 Å². The van der Waals surface area contributed by atoms with Gasteiger partial charge in [-0.05, 0) is 41.1 Å². The molecule has 0 saturated heterocycles. The van der Waals surface area contributed by atoms with Crippen LogP contribution in [0.4, 0.5) is 8.78 Å². The van der Waals surface area contributed by atoms with E-state index in [2.05, 4.69) is 0 Å². The van der Waals surface area contributed by atoms with Crippen LogP contribution in [0, 0.1) is 0 Å². The second kappa shape index (κ2) is 7.50. The Bertz CT molecular complexity index is 349. The Morgan fingerprint density at radius 3 is 2.18 bits per heavy atom. The highest BCUT2D eigenvalue weighted by Gasteiger charge is 2.26. The van der Waals surface area contributed by atoms with Crippen LogP contribution in [-0.2, 0) is 11.2 Å². The lowest BCUT2D eigenvalue weighted by molar-refractivity contribution is -0.136. The van der Waals surface area contributed by atoms with E-state index in [0.29, 0.717) is 10.5 Å². The second-order valence-electron chi connectivity index (χ2n) is 2.76. The maximum absolute atomic E-state index is 12.4. The lowest BCUT2D eigenvalue weighted by atomic mass is 10.2. The number of hydrogen-bond donors (Lipinski definition) is 1. The van der Waals surface area contributed by atoms with Gasteiger partial charge < -0.3 is 5.11 Å². The summed E-state index contributed by atoms with van der Waals surface area (Å²) in [5.41, 5.74) is 0.560. The molecule has 6 heteroatoms. The van der Waals surface area contributed by atoms with E-state index in [1.54, 1.807) is 0 Å². The molecule has 0 bridgehead atoms. The van der Waals surface area contributed by atoms with Crippen molar-refractivity contribution in [3.05, 3.63) is 29.8 Å². The number of thioether (sulfide) groups is 1. The van der Waals surface area contributed by atoms with Crippen LogP contribution in [0.3, 0.4) is 0 Å². The maximum atomic E-state index is 12.4. The monoisotopic (exact) mass is 282 g/mol. The topological polar surface area (TPSA) is 37.3 Å². The lowest BCUT2D eigenvalue weighted by Crippen LogP contribution is -2.00. The van der Waals surface area contributed by atoms with E-state index in [4.69, 9.17) is 16.7 Å². The molecule has 0 aliphatic carbocycles. The molecular formula is C11H13ClF2O2S. The minimum absolute atomic E-state index is 0.123. The number of carbonyl (C=O) groups is 1. The van der Waals surface area contributed by atoms with Crippen molar-refractivity contribution in [1.82, 2.24) is 0 Å². The number of carboxylic acid groups (broad SMARTS) is 1. The summed E-state index contributed by atoms with van der Waals surface area (Å²) in [5, 5.41) is 8.48. The van der Waals surface area contributed by atoms with Crippen LogP contribution in [0.15, 0.2) is 29.2 Å². The zero-order valence-electron chi connectivity index (χ0n) is 9.41. The summed E-state index contributed by atoms with van der Waals surface area (Å²) in [7, 11) is 0. The number of carboxylic acids is 1. The fraction of sp³-hybridized carbons (Fsp3) is 0.364. The smallest absolute Gasteiger partial charge is 0.375 e. The quantitative estimate of drug-likeness (QED) is 0.663. The highest BCUT2D eigenvalue weighted by Crippen LogP contribution is 2.38. The average molecular weight is 283 g/mol. The number of hydrogen-bond acceptors (Lipinski definition) is 2. The molecule has 1 N–H and O–H groups in total. The summed E-state index contributed by atoms with van der Waals surface area (Å²) in [6.07, 6.45) is -0.123. The Balaban J connectivity index is 0.00000121. The number of halogens is 3. The zero-order valence-corrected chi connectivity index (χ0v) is 11.0. The molecule has 0 atom stereocenters. The standard InChI is InChI=1S/C9H7ClF2O2S.C2H6/c10-9(11,12)15-7-3-1-6(2-4-7)5-8(13)14;1-2/h1-4H,5H2,(H,13,14);1-2H3. The van der Waals surface area contributed by atoms with Crippen molar-refractivity contribution in [2.75, 3.05) is 0 Å². The van der Waals surface area contributed by atoms with Crippen LogP contribution >= 0.6 is 23.4 Å². The predicted octanol–water partition coefficient (Wildman–Crippen LogP) is 4.22. The molecule has 1 aromatic carbocycles. The van der Waals surface area contributed by atoms with Crippen LogP contribution in [0.2, 0.25) is 0 Å². The molecule has 96 valence electrons. The molecule has 0 heterocycles. The normalized spacial score (nSPS) is 10.4. The van der Waals surface area contributed by atoms with E-state index in [1.807, 2.05) is 13.8 Å². The van der Waals surface area contributed by atoms with Gasteiger partial charge in [0.1, 0.15) is 0 Å². The zero-order chi connectivity index (χ0) is 13.5. The number of aliphatic carboxylic acids is 1. The summed E-state index contributed by atoms with van der Waals surface area (Å²) >= 11 is 4.94. The number of rotatable bonds is 4. The average Bonchev–Trinajstić information content (AvgIpc) is 2.21. The first-order valence-electron chi connectivity index (χ1n) is 4.93. The fourth-order valence-electron chi connectivity index (χ4n) is 0.984. The molecule has 0 aromatic heterocycles. The van der Waals surface area contributed by atoms with Gasteiger partial charge in [0, 0.05) is 4.90 Å². The molecule has 0 amide bonds. The minimum atomic E-state index is -3.34. The number of alkyl halides is 3. The predicted molar refractivity (Wildman–Crippen MR) is 65.8 cm³/mol. The van der Waals surface area contributed by atoms with Crippen LogP contribution in [-0.4, -0.2) is 15.8 Å². The first-order chi connectivity index (χ1) is 7.87. The minimum Gasteiger partial charge on any atom is -0.481 e. The van der Waals surface area contributed by atoms with Gasteiger partial charge in [0.05, 0.1) is 6.42 Å². The maximum Gasteiger partial charge on any atom is 0.375 e. The van der Waals surface area contributed by atoms with Gasteiger partial charge in [-0.15, -0.1) is 0 Å². The highest BCUT2D eigenvalue weighted by atomic mass is 35.5. The second-order valence-corrected chi connectivity index (χ2v) is 4.65. The summed E-state index contributed by atoms with van der Waals surface area (Å²) in [6, 6.07) is 5.80. The van der Waals surface area contributed by atoms with Crippen LogP contribution < -0.4 is 0 Å². The van der Waals surface area contributed by atoms with Crippen molar-refractivity contribution in [3.8, 4) is 0 Å². The van der Waals surface area contributed by atoms with Crippen LogP contribution in [0.1, 0.15) is 19.4 Å². The molecule has 0 aliphatic heterocycles. The summed E-state index contributed by atoms with van der Waals surface area (Å²) < 4.78 is 21.4. The van der Waals surface area contributed by atoms with Gasteiger partial charge in [0.25, 0.3) is 0 Å². The third-order valence-corrected chi connectivity index (χ3v) is 2.48. The molecule has 0 spiro atoms. The van der Waals surface area contributed by atoms with Gasteiger partial charge in [-0.1, -0.05) is 26.0 Å². The van der Waals surface area contributed by atoms with Gasteiger partial charge in [-0.2, -0.15) is 8.78 Å². The van der Waals surface area contributed by atoms with Crippen molar-refractivity contribution in [2.45, 2.75) is 29.9 Å². The van der Waals surface area contributed by atoms with Crippen molar-refractivity contribution in [2.24, 2.45) is 0 Å². The molecule has 0 fully saturated rings. The molecule has 17 heavy (non-hydrogen) atoms. The van der Waals surface area contributed by atoms with Gasteiger partial charge in [-0.25, -0.2) is 0 Å². The van der Waals surface area contributed by atoms with E-state index in [1.165, 1.54) is 24.3 Å². The molecule has 0 radical (unpaired) electrons. The van der Waals surface area contributed by atoms with Gasteiger partial charge in [-0.3, -0.25) is 4.79 Å². The van der Waals surface area contributed by atoms with Crippen LogP contribution in [0.25, 0.3) is 0 Å². The highest BCUT2D eigenvalue weighted by molar-refractivity contribution is 8.01. The van der Waals surface area contributed by atoms with Gasteiger partial charge in [0.15, 0.2) is 0 Å². The van der Waals surface area contributed by atoms with Gasteiger partial charge >= 0.3 is 10.7 Å². The van der Waals surface area contributed by atoms with Crippen molar-refractivity contribution in [3.63, 3.8) is 0 Å². The summed E-state index contributed by atoms with van der Waals surface area (Å²) in [5.74, 6) is -0.960. The van der Waals surface area contributed by atoms with Crippen molar-refractivity contribution < 1.29 is 18.7 Å². The summed E-state index contributed by atoms with van der Waals surface area (Å²) in [4.78, 5) is 10.6. The van der Waals surface area contributed by atoms with Crippen LogP contribution in [0.5, 0.6) is 0 Å². The third kappa shape index (κ3) is 7.99. The van der Waals surface area contributed by atoms with E-state index in [-0.39, 0.29) is 18.2 Å². The van der Waals surface area contributed by atoms with Gasteiger partial charge in [0.2, 0.25) is 0 Å². The third-order valence-electron chi connectivity index (χ3n) is 1.51.